The molecule has 98 valence electrons. The van der Waals surface area contributed by atoms with Crippen LogP contribution in [0.15, 0.2) is 18.2 Å². The monoisotopic (exact) mass is 306 g/mol. The van der Waals surface area contributed by atoms with Crippen molar-refractivity contribution in [3.05, 3.63) is 29.0 Å². The number of hydrogen-bond acceptors (Lipinski definition) is 3. The van der Waals surface area contributed by atoms with Crippen molar-refractivity contribution in [3.63, 3.8) is 0 Å². The lowest BCUT2D eigenvalue weighted by molar-refractivity contribution is 0.603. The number of aryl methyl sites for hydroxylation is 1. The van der Waals surface area contributed by atoms with E-state index in [9.17, 15) is 8.42 Å². The molecule has 2 rings (SSSR count). The van der Waals surface area contributed by atoms with Crippen LogP contribution in [0.25, 0.3) is 11.0 Å². The molecule has 0 bridgehead atoms. The molecule has 0 amide bonds. The number of alkyl halides is 1. The fraction of sp³-hybridized carbons (Fsp3) is 0.364. The van der Waals surface area contributed by atoms with Gasteiger partial charge in [-0.15, -0.1) is 11.6 Å². The number of hydrogen-bond donors (Lipinski definition) is 1. The number of nitrogens with zero attached hydrogens (tertiary/aromatic N) is 2. The van der Waals surface area contributed by atoms with Gasteiger partial charge in [0, 0.05) is 17.3 Å². The smallest absolute Gasteiger partial charge is 0.140 e. The van der Waals surface area contributed by atoms with Crippen LogP contribution in [-0.2, 0) is 23.1 Å². The van der Waals surface area contributed by atoms with Crippen molar-refractivity contribution in [2.24, 2.45) is 0 Å². The number of aromatic nitrogens is 2. The molecule has 0 unspecified atom stereocenters. The second-order valence-electron chi connectivity index (χ2n) is 3.86. The zero-order chi connectivity index (χ0) is 13.1. The molecule has 0 aliphatic heterocycles. The van der Waals surface area contributed by atoms with Gasteiger partial charge in [-0.25, -0.2) is 13.4 Å². The molecular weight excluding hydrogens is 295 g/mol. The Hall–Kier alpha value is -0.780. The maximum absolute atomic E-state index is 10.6. The molecule has 0 N–H and O–H groups in total. The van der Waals surface area contributed by atoms with Gasteiger partial charge in [0.25, 0.3) is 0 Å². The second-order valence-corrected chi connectivity index (χ2v) is 5.67. The zero-order valence-corrected chi connectivity index (χ0v) is 11.9. The molecule has 0 aliphatic rings. The molecule has 1 aromatic heterocycles. The molecule has 1 aromatic carbocycles. The summed E-state index contributed by atoms with van der Waals surface area (Å²) in [5.74, 6) is 1.19. The van der Waals surface area contributed by atoms with Crippen molar-refractivity contribution in [2.45, 2.75) is 18.8 Å². The zero-order valence-electron chi connectivity index (χ0n) is 9.47. The molecule has 0 aliphatic carbocycles. The van der Waals surface area contributed by atoms with Gasteiger partial charge in [-0.2, -0.15) is 0 Å². The van der Waals surface area contributed by atoms with E-state index in [-0.39, 0.29) is 11.6 Å². The number of thiol groups is 1. The van der Waals surface area contributed by atoms with Crippen LogP contribution in [0.5, 0.6) is 0 Å². The van der Waals surface area contributed by atoms with Crippen LogP contribution in [0.1, 0.15) is 12.2 Å². The van der Waals surface area contributed by atoms with Gasteiger partial charge in [0.05, 0.1) is 16.9 Å². The van der Waals surface area contributed by atoms with Crippen molar-refractivity contribution in [2.75, 3.05) is 5.75 Å². The summed E-state index contributed by atoms with van der Waals surface area (Å²) < 4.78 is 23.1. The third-order valence-electron chi connectivity index (χ3n) is 2.63. The topological polar surface area (TPSA) is 52.0 Å². The van der Waals surface area contributed by atoms with Gasteiger partial charge in [-0.1, -0.05) is 11.6 Å². The van der Waals surface area contributed by atoms with E-state index in [1.54, 1.807) is 12.1 Å². The molecule has 0 atom stereocenters. The lowest BCUT2D eigenvalue weighted by Crippen LogP contribution is -2.04. The molecule has 0 spiro atoms. The van der Waals surface area contributed by atoms with E-state index < -0.39 is 10.7 Å². The molecule has 7 heteroatoms. The van der Waals surface area contributed by atoms with E-state index in [4.69, 9.17) is 23.2 Å². The lowest BCUT2D eigenvalue weighted by Gasteiger charge is -2.05. The summed E-state index contributed by atoms with van der Waals surface area (Å²) in [5.41, 5.74) is 1.71. The minimum atomic E-state index is -2.33. The molecule has 18 heavy (non-hydrogen) atoms. The van der Waals surface area contributed by atoms with Gasteiger partial charge in [0.2, 0.25) is 0 Å². The first kappa shape index (κ1) is 13.6. The Labute approximate surface area is 116 Å². The standard InChI is InChI=1S/C11H12Cl2N2O2S/c12-7-11-14-9-6-8(13)2-3-10(9)15(11)4-1-5-18(16)17/h2-3,6,18H,1,4-5,7H2. The quantitative estimate of drug-likeness (QED) is 0.682. The van der Waals surface area contributed by atoms with Crippen LogP contribution in [0.2, 0.25) is 5.02 Å². The average Bonchev–Trinajstić information content (AvgIpc) is 2.66. The third kappa shape index (κ3) is 2.96. The normalized spacial score (nSPS) is 11.5. The van der Waals surface area contributed by atoms with E-state index in [0.717, 1.165) is 16.9 Å². The maximum Gasteiger partial charge on any atom is 0.140 e. The third-order valence-corrected chi connectivity index (χ3v) is 3.79. The second kappa shape index (κ2) is 5.91. The molecule has 4 nitrogen and oxygen atoms in total. The van der Waals surface area contributed by atoms with E-state index in [1.807, 2.05) is 10.6 Å². The van der Waals surface area contributed by atoms with Gasteiger partial charge in [0.15, 0.2) is 0 Å². The van der Waals surface area contributed by atoms with Gasteiger partial charge in [-0.05, 0) is 24.6 Å². The Balaban J connectivity index is 2.34. The van der Waals surface area contributed by atoms with E-state index in [2.05, 4.69) is 4.98 Å². The van der Waals surface area contributed by atoms with Crippen molar-refractivity contribution >= 4 is 44.9 Å². The number of rotatable bonds is 5. The van der Waals surface area contributed by atoms with Crippen molar-refractivity contribution < 1.29 is 8.42 Å². The SMILES string of the molecule is O=[SH](=O)CCCn1c(CCl)nc2cc(Cl)ccc21. The average molecular weight is 307 g/mol. The number of fused-ring (bicyclic) bond motifs is 1. The van der Waals surface area contributed by atoms with Crippen molar-refractivity contribution in [3.8, 4) is 0 Å². The van der Waals surface area contributed by atoms with Crippen LogP contribution in [0.3, 0.4) is 0 Å². The van der Waals surface area contributed by atoms with Crippen LogP contribution < -0.4 is 0 Å². The van der Waals surface area contributed by atoms with Gasteiger partial charge >= 0.3 is 0 Å². The minimum Gasteiger partial charge on any atom is -0.327 e. The van der Waals surface area contributed by atoms with E-state index in [1.165, 1.54) is 0 Å². The van der Waals surface area contributed by atoms with E-state index >= 15 is 0 Å². The fourth-order valence-corrected chi connectivity index (χ4v) is 2.63. The molecule has 0 saturated carbocycles. The van der Waals surface area contributed by atoms with Gasteiger partial charge in [-0.3, -0.25) is 0 Å². The van der Waals surface area contributed by atoms with Gasteiger partial charge < -0.3 is 4.57 Å². The Morgan fingerprint density at radius 1 is 1.33 bits per heavy atom. The highest BCUT2D eigenvalue weighted by Gasteiger charge is 2.10. The molecule has 1 heterocycles. The highest BCUT2D eigenvalue weighted by Crippen LogP contribution is 2.21. The Morgan fingerprint density at radius 2 is 2.11 bits per heavy atom. The Bertz CT molecular complexity index is 629. The summed E-state index contributed by atoms with van der Waals surface area (Å²) in [6.07, 6.45) is 0.552. The van der Waals surface area contributed by atoms with Crippen LogP contribution in [0, 0.1) is 0 Å². The van der Waals surface area contributed by atoms with Gasteiger partial charge in [0.1, 0.15) is 16.5 Å². The van der Waals surface area contributed by atoms with Crippen molar-refractivity contribution in [1.82, 2.24) is 9.55 Å². The number of halogens is 2. The number of imidazole rings is 1. The summed E-state index contributed by atoms with van der Waals surface area (Å²) in [7, 11) is -2.33. The van der Waals surface area contributed by atoms with Crippen LogP contribution >= 0.6 is 23.2 Å². The predicted octanol–water partition coefficient (Wildman–Crippen LogP) is 2.43. The number of benzene rings is 1. The summed E-state index contributed by atoms with van der Waals surface area (Å²) in [5, 5.41) is 0.621. The molecule has 0 saturated heterocycles. The predicted molar refractivity (Wildman–Crippen MR) is 74.1 cm³/mol. The van der Waals surface area contributed by atoms with E-state index in [0.29, 0.717) is 18.0 Å². The molecule has 2 aromatic rings. The fourth-order valence-electron chi connectivity index (χ4n) is 1.86. The molecule has 0 fully saturated rings. The minimum absolute atomic E-state index is 0.171. The molecular formula is C11H12Cl2N2O2S. The summed E-state index contributed by atoms with van der Waals surface area (Å²) >= 11 is 11.8. The van der Waals surface area contributed by atoms with Crippen molar-refractivity contribution in [1.29, 1.82) is 0 Å². The summed E-state index contributed by atoms with van der Waals surface area (Å²) in [6, 6.07) is 5.43. The summed E-state index contributed by atoms with van der Waals surface area (Å²) in [4.78, 5) is 4.39. The first-order valence-electron chi connectivity index (χ1n) is 5.44. The van der Waals surface area contributed by atoms with Crippen LogP contribution in [0.4, 0.5) is 0 Å². The summed E-state index contributed by atoms with van der Waals surface area (Å²) in [6.45, 7) is 0.587. The Kier molecular flexibility index (Phi) is 4.48. The largest absolute Gasteiger partial charge is 0.327 e. The first-order chi connectivity index (χ1) is 8.61. The highest BCUT2D eigenvalue weighted by atomic mass is 35.5. The van der Waals surface area contributed by atoms with Crippen LogP contribution in [-0.4, -0.2) is 23.7 Å². The molecule has 0 radical (unpaired) electrons. The first-order valence-corrected chi connectivity index (χ1v) is 7.72. The Morgan fingerprint density at radius 3 is 2.78 bits per heavy atom. The maximum atomic E-state index is 10.6. The highest BCUT2D eigenvalue weighted by molar-refractivity contribution is 7.72. The lowest BCUT2D eigenvalue weighted by atomic mass is 10.3.